The molecule has 1 fully saturated rings. The van der Waals surface area contributed by atoms with Gasteiger partial charge < -0.3 is 14.2 Å². The molecule has 0 radical (unpaired) electrons. The Bertz CT molecular complexity index is 333. The molecular formula is C13H22O5S. The van der Waals surface area contributed by atoms with Crippen LogP contribution in [0.2, 0.25) is 0 Å². The highest BCUT2D eigenvalue weighted by atomic mass is 32.2. The standard InChI is InChI=1S/C13H22O5S/c1-6-19-13-7(2)11(17-9(4)14)12(8(3)16-13)18-10(5)15/h7-8,11-13H,6H2,1-5H3/t7?,8?,11-,12-,13+/m1/s1. The molecule has 19 heavy (non-hydrogen) atoms. The topological polar surface area (TPSA) is 61.8 Å². The number of hydrogen-bond acceptors (Lipinski definition) is 6. The third-order valence-electron chi connectivity index (χ3n) is 3.02. The van der Waals surface area contributed by atoms with Crippen LogP contribution in [0.4, 0.5) is 0 Å². The summed E-state index contributed by atoms with van der Waals surface area (Å²) in [5.74, 6) is 0.108. The van der Waals surface area contributed by atoms with Gasteiger partial charge in [0.05, 0.1) is 6.10 Å². The molecular weight excluding hydrogens is 268 g/mol. The van der Waals surface area contributed by atoms with E-state index < -0.39 is 18.2 Å². The van der Waals surface area contributed by atoms with Crippen LogP contribution >= 0.6 is 11.8 Å². The van der Waals surface area contributed by atoms with Crippen LogP contribution in [-0.4, -0.2) is 41.4 Å². The smallest absolute Gasteiger partial charge is 0.303 e. The SMILES string of the molecule is CCS[C@@H]1OC(C)[C@@H](OC(C)=O)[C@H](OC(C)=O)C1C. The van der Waals surface area contributed by atoms with Crippen molar-refractivity contribution >= 4 is 23.7 Å². The summed E-state index contributed by atoms with van der Waals surface area (Å²) >= 11 is 1.66. The summed E-state index contributed by atoms with van der Waals surface area (Å²) in [6.07, 6.45) is -1.31. The van der Waals surface area contributed by atoms with Crippen molar-refractivity contribution in [1.29, 1.82) is 0 Å². The zero-order chi connectivity index (χ0) is 14.6. The number of esters is 2. The van der Waals surface area contributed by atoms with Crippen LogP contribution in [0.3, 0.4) is 0 Å². The van der Waals surface area contributed by atoms with Gasteiger partial charge in [-0.2, -0.15) is 0 Å². The summed E-state index contributed by atoms with van der Waals surface area (Å²) in [4.78, 5) is 22.4. The number of carbonyl (C=O) groups is 2. The second kappa shape index (κ2) is 7.14. The molecule has 1 heterocycles. The van der Waals surface area contributed by atoms with Crippen LogP contribution in [0.15, 0.2) is 0 Å². The van der Waals surface area contributed by atoms with E-state index in [2.05, 4.69) is 0 Å². The highest BCUT2D eigenvalue weighted by Gasteiger charge is 2.45. The van der Waals surface area contributed by atoms with Gasteiger partial charge in [-0.15, -0.1) is 11.8 Å². The molecule has 0 saturated carbocycles. The molecule has 1 aliphatic heterocycles. The number of carbonyl (C=O) groups excluding carboxylic acids is 2. The Morgan fingerprint density at radius 1 is 1.11 bits per heavy atom. The van der Waals surface area contributed by atoms with E-state index in [1.54, 1.807) is 11.8 Å². The summed E-state index contributed by atoms with van der Waals surface area (Å²) in [6, 6.07) is 0. The van der Waals surface area contributed by atoms with Crippen LogP contribution < -0.4 is 0 Å². The fraction of sp³-hybridized carbons (Fsp3) is 0.846. The minimum Gasteiger partial charge on any atom is -0.458 e. The molecule has 0 spiro atoms. The van der Waals surface area contributed by atoms with Gasteiger partial charge in [0.25, 0.3) is 0 Å². The van der Waals surface area contributed by atoms with E-state index in [9.17, 15) is 9.59 Å². The zero-order valence-electron chi connectivity index (χ0n) is 12.0. The summed E-state index contributed by atoms with van der Waals surface area (Å²) < 4.78 is 16.5. The van der Waals surface area contributed by atoms with Crippen molar-refractivity contribution in [2.45, 2.75) is 58.4 Å². The van der Waals surface area contributed by atoms with Crippen LogP contribution in [-0.2, 0) is 23.8 Å². The second-order valence-electron chi connectivity index (χ2n) is 4.67. The molecule has 1 rings (SSSR count). The first-order chi connectivity index (χ1) is 8.86. The lowest BCUT2D eigenvalue weighted by atomic mass is 9.93. The van der Waals surface area contributed by atoms with Crippen LogP contribution in [0.25, 0.3) is 0 Å². The number of ether oxygens (including phenoxy) is 3. The first kappa shape index (κ1) is 16.3. The molecule has 0 aromatic carbocycles. The molecule has 0 bridgehead atoms. The van der Waals surface area contributed by atoms with Crippen LogP contribution in [0, 0.1) is 5.92 Å². The van der Waals surface area contributed by atoms with Gasteiger partial charge in [0.15, 0.2) is 6.10 Å². The molecule has 0 aromatic heterocycles. The summed E-state index contributed by atoms with van der Waals surface area (Å²) in [5, 5.41) is 0. The maximum Gasteiger partial charge on any atom is 0.303 e. The van der Waals surface area contributed by atoms with Crippen molar-refractivity contribution in [2.75, 3.05) is 5.75 Å². The summed E-state index contributed by atoms with van der Waals surface area (Å²) in [6.45, 7) is 8.53. The maximum absolute atomic E-state index is 11.2. The molecule has 0 N–H and O–H groups in total. The highest BCUT2D eigenvalue weighted by molar-refractivity contribution is 7.99. The van der Waals surface area contributed by atoms with E-state index in [-0.39, 0.29) is 23.4 Å². The normalized spacial score (nSPS) is 34.7. The molecule has 5 nitrogen and oxygen atoms in total. The molecule has 110 valence electrons. The van der Waals surface area contributed by atoms with Gasteiger partial charge in [-0.1, -0.05) is 13.8 Å². The average Bonchev–Trinajstić information content (AvgIpc) is 2.29. The fourth-order valence-electron chi connectivity index (χ4n) is 2.21. The predicted octanol–water partition coefficient (Wildman–Crippen LogP) is 1.98. The minimum atomic E-state index is -0.551. The highest BCUT2D eigenvalue weighted by Crippen LogP contribution is 2.35. The lowest BCUT2D eigenvalue weighted by Gasteiger charge is -2.43. The van der Waals surface area contributed by atoms with Crippen molar-refractivity contribution in [3.8, 4) is 0 Å². The first-order valence-corrected chi connectivity index (χ1v) is 7.53. The van der Waals surface area contributed by atoms with Crippen molar-refractivity contribution in [2.24, 2.45) is 5.92 Å². The van der Waals surface area contributed by atoms with E-state index >= 15 is 0 Å². The number of hydrogen-bond donors (Lipinski definition) is 0. The largest absolute Gasteiger partial charge is 0.458 e. The molecule has 1 saturated heterocycles. The third kappa shape index (κ3) is 4.38. The van der Waals surface area contributed by atoms with Gasteiger partial charge in [-0.25, -0.2) is 0 Å². The number of rotatable bonds is 4. The summed E-state index contributed by atoms with van der Waals surface area (Å²) in [5.41, 5.74) is -0.0591. The van der Waals surface area contributed by atoms with Gasteiger partial charge in [-0.3, -0.25) is 9.59 Å². The minimum absolute atomic E-state index is 0.0330. The Morgan fingerprint density at radius 2 is 1.63 bits per heavy atom. The van der Waals surface area contributed by atoms with E-state index in [0.29, 0.717) is 0 Å². The Hall–Kier alpha value is -0.750. The summed E-state index contributed by atoms with van der Waals surface area (Å²) in [7, 11) is 0. The lowest BCUT2D eigenvalue weighted by Crippen LogP contribution is -2.54. The van der Waals surface area contributed by atoms with Crippen LogP contribution in [0.1, 0.15) is 34.6 Å². The van der Waals surface area contributed by atoms with E-state index in [4.69, 9.17) is 14.2 Å². The fourth-order valence-corrected chi connectivity index (χ4v) is 3.25. The molecule has 0 aliphatic carbocycles. The van der Waals surface area contributed by atoms with Crippen molar-refractivity contribution in [3.63, 3.8) is 0 Å². The number of thioether (sulfide) groups is 1. The van der Waals surface area contributed by atoms with Gasteiger partial charge in [-0.05, 0) is 12.7 Å². The lowest BCUT2D eigenvalue weighted by molar-refractivity contribution is -0.207. The molecule has 0 amide bonds. The van der Waals surface area contributed by atoms with Gasteiger partial charge >= 0.3 is 11.9 Å². The van der Waals surface area contributed by atoms with Crippen molar-refractivity contribution in [1.82, 2.24) is 0 Å². The molecule has 6 heteroatoms. The molecule has 0 aromatic rings. The van der Waals surface area contributed by atoms with Crippen molar-refractivity contribution < 1.29 is 23.8 Å². The molecule has 5 atom stereocenters. The average molecular weight is 290 g/mol. The molecule has 1 aliphatic rings. The maximum atomic E-state index is 11.2. The monoisotopic (exact) mass is 290 g/mol. The third-order valence-corrected chi connectivity index (χ3v) is 4.22. The Labute approximate surface area is 118 Å². The van der Waals surface area contributed by atoms with E-state index in [0.717, 1.165) is 5.75 Å². The van der Waals surface area contributed by atoms with E-state index in [1.807, 2.05) is 20.8 Å². The molecule has 2 unspecified atom stereocenters. The zero-order valence-corrected chi connectivity index (χ0v) is 12.9. The quantitative estimate of drug-likeness (QED) is 0.738. The Balaban J connectivity index is 2.88. The second-order valence-corrected chi connectivity index (χ2v) is 6.05. The predicted molar refractivity (Wildman–Crippen MR) is 72.7 cm³/mol. The Kier molecular flexibility index (Phi) is 6.13. The van der Waals surface area contributed by atoms with Crippen molar-refractivity contribution in [3.05, 3.63) is 0 Å². The Morgan fingerprint density at radius 3 is 2.11 bits per heavy atom. The van der Waals surface area contributed by atoms with Gasteiger partial charge in [0.2, 0.25) is 0 Å². The first-order valence-electron chi connectivity index (χ1n) is 6.48. The van der Waals surface area contributed by atoms with E-state index in [1.165, 1.54) is 13.8 Å². The van der Waals surface area contributed by atoms with Gasteiger partial charge in [0, 0.05) is 19.8 Å². The van der Waals surface area contributed by atoms with Gasteiger partial charge in [0.1, 0.15) is 11.5 Å². The van der Waals surface area contributed by atoms with Crippen LogP contribution in [0.5, 0.6) is 0 Å².